The third-order valence-corrected chi connectivity index (χ3v) is 12.5. The lowest BCUT2D eigenvalue weighted by Crippen LogP contribution is -2.48. The van der Waals surface area contributed by atoms with Crippen LogP contribution in [0.3, 0.4) is 0 Å². The van der Waals surface area contributed by atoms with Crippen LogP contribution in [0.2, 0.25) is 0 Å². The summed E-state index contributed by atoms with van der Waals surface area (Å²) >= 11 is 0. The van der Waals surface area contributed by atoms with Crippen LogP contribution in [0.15, 0.2) is 152 Å². The summed E-state index contributed by atoms with van der Waals surface area (Å²) in [4.78, 5) is 2.47. The summed E-state index contributed by atoms with van der Waals surface area (Å²) in [6, 6.07) is 56.9. The van der Waals surface area contributed by atoms with Crippen LogP contribution in [0.1, 0.15) is 50.2 Å². The molecule has 238 valence electrons. The van der Waals surface area contributed by atoms with Crippen LogP contribution in [-0.4, -0.2) is 0 Å². The van der Waals surface area contributed by atoms with Crippen LogP contribution in [0.25, 0.3) is 43.8 Å². The molecule has 0 aromatic heterocycles. The van der Waals surface area contributed by atoms with Crippen molar-refractivity contribution in [2.24, 2.45) is 17.8 Å². The van der Waals surface area contributed by atoms with Crippen molar-refractivity contribution in [3.8, 4) is 22.3 Å². The highest BCUT2D eigenvalue weighted by Gasteiger charge is 2.55. The van der Waals surface area contributed by atoms with E-state index in [0.717, 1.165) is 5.92 Å². The highest BCUT2D eigenvalue weighted by molar-refractivity contribution is 6.13. The maximum atomic E-state index is 2.58. The van der Waals surface area contributed by atoms with Gasteiger partial charge in [-0.15, -0.1) is 0 Å². The van der Waals surface area contributed by atoms with Gasteiger partial charge in [-0.1, -0.05) is 129 Å². The standard InChI is InChI=1S/C48H41N/c1-32-28-33-12-11-14-36(29-33)48(32)46-21-10-9-20-43(46)44-27-26-39(31-47(44)48)49(37-15-3-2-4-16-37)38-24-22-34(23-25-38)45-30-35-13-5-6-17-40(35)41-18-7-8-19-42(41)45/h2-10,13,15-27,30-33,36H,11-12,14,28-29H2,1H3. The number of para-hydroxylation sites is 1. The van der Waals surface area contributed by atoms with Crippen LogP contribution < -0.4 is 4.90 Å². The Kier molecular flexibility index (Phi) is 6.60. The number of benzene rings is 7. The third-order valence-electron chi connectivity index (χ3n) is 12.5. The van der Waals surface area contributed by atoms with Crippen LogP contribution in [0.5, 0.6) is 0 Å². The summed E-state index contributed by atoms with van der Waals surface area (Å²) in [6.07, 6.45) is 6.83. The minimum absolute atomic E-state index is 0.0855. The molecule has 0 N–H and O–H groups in total. The van der Waals surface area contributed by atoms with Gasteiger partial charge in [0.15, 0.2) is 0 Å². The number of anilines is 3. The molecule has 2 fully saturated rings. The van der Waals surface area contributed by atoms with Gasteiger partial charge in [0.1, 0.15) is 0 Å². The van der Waals surface area contributed by atoms with Crippen molar-refractivity contribution in [1.82, 2.24) is 0 Å². The summed E-state index contributed by atoms with van der Waals surface area (Å²) < 4.78 is 0. The molecule has 10 rings (SSSR count). The van der Waals surface area contributed by atoms with Gasteiger partial charge in [-0.05, 0) is 134 Å². The Morgan fingerprint density at radius 2 is 1.18 bits per heavy atom. The van der Waals surface area contributed by atoms with Gasteiger partial charge in [-0.25, -0.2) is 0 Å². The predicted molar refractivity (Wildman–Crippen MR) is 207 cm³/mol. The Morgan fingerprint density at radius 1 is 0.510 bits per heavy atom. The summed E-state index contributed by atoms with van der Waals surface area (Å²) in [5.41, 5.74) is 12.3. The first kappa shape index (κ1) is 28.8. The van der Waals surface area contributed by atoms with E-state index in [1.165, 1.54) is 93.0 Å². The molecular weight excluding hydrogens is 591 g/mol. The molecular formula is C48H41N. The summed E-state index contributed by atoms with van der Waals surface area (Å²) in [7, 11) is 0. The first-order chi connectivity index (χ1) is 24.2. The van der Waals surface area contributed by atoms with Crippen LogP contribution in [-0.2, 0) is 5.41 Å². The monoisotopic (exact) mass is 631 g/mol. The third kappa shape index (κ3) is 4.31. The topological polar surface area (TPSA) is 3.24 Å². The fourth-order valence-electron chi connectivity index (χ4n) is 10.6. The smallest absolute Gasteiger partial charge is 0.0465 e. The Morgan fingerprint density at radius 3 is 2.04 bits per heavy atom. The Labute approximate surface area is 289 Å². The molecule has 0 amide bonds. The molecule has 0 aliphatic heterocycles. The van der Waals surface area contributed by atoms with E-state index in [1.807, 2.05) is 0 Å². The van der Waals surface area contributed by atoms with Crippen LogP contribution in [0, 0.1) is 17.8 Å². The van der Waals surface area contributed by atoms with E-state index in [2.05, 4.69) is 163 Å². The van der Waals surface area contributed by atoms with E-state index >= 15 is 0 Å². The molecule has 0 saturated heterocycles. The Balaban J connectivity index is 1.12. The molecule has 4 atom stereocenters. The van der Waals surface area contributed by atoms with Crippen molar-refractivity contribution in [3.63, 3.8) is 0 Å². The van der Waals surface area contributed by atoms with Crippen LogP contribution in [0.4, 0.5) is 17.1 Å². The number of hydrogen-bond acceptors (Lipinski definition) is 1. The van der Waals surface area contributed by atoms with Gasteiger partial charge in [0.05, 0.1) is 0 Å². The zero-order valence-corrected chi connectivity index (χ0v) is 28.1. The first-order valence-electron chi connectivity index (χ1n) is 18.3. The molecule has 4 unspecified atom stereocenters. The number of hydrogen-bond donors (Lipinski definition) is 0. The lowest BCUT2D eigenvalue weighted by molar-refractivity contribution is 0.0670. The zero-order chi connectivity index (χ0) is 32.5. The number of fused-ring (bicyclic) bond motifs is 11. The minimum Gasteiger partial charge on any atom is -0.310 e. The normalized spacial score (nSPS) is 22.3. The fraction of sp³-hybridized carbons (Fsp3) is 0.208. The highest BCUT2D eigenvalue weighted by Crippen LogP contribution is 2.64. The summed E-state index contributed by atoms with van der Waals surface area (Å²) in [6.45, 7) is 2.56. The van der Waals surface area contributed by atoms with Crippen molar-refractivity contribution in [1.29, 1.82) is 0 Å². The molecule has 7 aromatic carbocycles. The average molecular weight is 632 g/mol. The lowest BCUT2D eigenvalue weighted by Gasteiger charge is -2.53. The van der Waals surface area contributed by atoms with E-state index in [4.69, 9.17) is 0 Å². The van der Waals surface area contributed by atoms with Crippen molar-refractivity contribution < 1.29 is 0 Å². The van der Waals surface area contributed by atoms with Gasteiger partial charge < -0.3 is 4.90 Å². The molecule has 3 aliphatic rings. The molecule has 2 saturated carbocycles. The van der Waals surface area contributed by atoms with E-state index in [-0.39, 0.29) is 5.41 Å². The molecule has 1 nitrogen and oxygen atoms in total. The van der Waals surface area contributed by atoms with Gasteiger partial charge in [0, 0.05) is 22.5 Å². The molecule has 7 aromatic rings. The van der Waals surface area contributed by atoms with Crippen molar-refractivity contribution in [2.45, 2.75) is 44.4 Å². The van der Waals surface area contributed by atoms with Crippen LogP contribution >= 0.6 is 0 Å². The van der Waals surface area contributed by atoms with Gasteiger partial charge in [0.2, 0.25) is 0 Å². The molecule has 1 heteroatoms. The fourth-order valence-corrected chi connectivity index (χ4v) is 10.6. The quantitative estimate of drug-likeness (QED) is 0.175. The second kappa shape index (κ2) is 11.2. The lowest BCUT2D eigenvalue weighted by atomic mass is 9.51. The second-order valence-corrected chi connectivity index (χ2v) is 14.9. The van der Waals surface area contributed by atoms with Gasteiger partial charge in [-0.2, -0.15) is 0 Å². The summed E-state index contributed by atoms with van der Waals surface area (Å²) in [5.74, 6) is 2.21. The largest absolute Gasteiger partial charge is 0.310 e. The Bertz CT molecular complexity index is 2350. The minimum atomic E-state index is 0.0855. The maximum absolute atomic E-state index is 2.58. The molecule has 49 heavy (non-hydrogen) atoms. The van der Waals surface area contributed by atoms with Crippen molar-refractivity contribution in [2.75, 3.05) is 4.90 Å². The predicted octanol–water partition coefficient (Wildman–Crippen LogP) is 13.2. The van der Waals surface area contributed by atoms with Crippen molar-refractivity contribution >= 4 is 38.6 Å². The SMILES string of the molecule is CC1CC2CCCC(C2)C12c1ccccc1-c1ccc(N(c3ccccc3)c3ccc(-c4cc5ccccc5c5ccccc45)cc3)cc12. The van der Waals surface area contributed by atoms with E-state index < -0.39 is 0 Å². The zero-order valence-electron chi connectivity index (χ0n) is 28.1. The van der Waals surface area contributed by atoms with E-state index in [9.17, 15) is 0 Å². The van der Waals surface area contributed by atoms with Crippen molar-refractivity contribution in [3.05, 3.63) is 163 Å². The molecule has 0 radical (unpaired) electrons. The Hall–Kier alpha value is -5.14. The molecule has 0 heterocycles. The van der Waals surface area contributed by atoms with Gasteiger partial charge in [-0.3, -0.25) is 0 Å². The van der Waals surface area contributed by atoms with E-state index in [0.29, 0.717) is 11.8 Å². The first-order valence-corrected chi connectivity index (χ1v) is 18.3. The average Bonchev–Trinajstić information content (AvgIpc) is 3.45. The van der Waals surface area contributed by atoms with Gasteiger partial charge in [0.25, 0.3) is 0 Å². The van der Waals surface area contributed by atoms with E-state index in [1.54, 1.807) is 11.1 Å². The molecule has 2 bridgehead atoms. The van der Waals surface area contributed by atoms with Gasteiger partial charge >= 0.3 is 0 Å². The second-order valence-electron chi connectivity index (χ2n) is 14.9. The highest BCUT2D eigenvalue weighted by atomic mass is 15.1. The maximum Gasteiger partial charge on any atom is 0.0465 e. The molecule has 3 aliphatic carbocycles. The molecule has 1 spiro atoms. The number of nitrogens with zero attached hydrogens (tertiary/aromatic N) is 1. The summed E-state index contributed by atoms with van der Waals surface area (Å²) in [5, 5.41) is 5.19. The number of rotatable bonds is 4.